The molecule has 2 rings (SSSR count). The Morgan fingerprint density at radius 3 is 2.38 bits per heavy atom. The fraction of sp³-hybridized carbons (Fsp3) is 0.643. The van der Waals surface area contributed by atoms with Gasteiger partial charge >= 0.3 is 6.18 Å². The average molecular weight is 303 g/mol. The lowest BCUT2D eigenvalue weighted by Crippen LogP contribution is -2.49. The Labute approximate surface area is 122 Å². The Morgan fingerprint density at radius 2 is 1.86 bits per heavy atom. The number of piperazine rings is 1. The zero-order valence-corrected chi connectivity index (χ0v) is 12.0. The van der Waals surface area contributed by atoms with Crippen molar-refractivity contribution < 1.29 is 18.3 Å². The second-order valence-electron chi connectivity index (χ2n) is 5.21. The Balaban J connectivity index is 2.02. The Hall–Kier alpha value is -1.34. The summed E-state index contributed by atoms with van der Waals surface area (Å²) in [4.78, 5) is 7.88. The van der Waals surface area contributed by atoms with E-state index in [-0.39, 0.29) is 6.61 Å². The van der Waals surface area contributed by atoms with Crippen LogP contribution >= 0.6 is 0 Å². The van der Waals surface area contributed by atoms with Gasteiger partial charge < -0.3 is 10.0 Å². The van der Waals surface area contributed by atoms with Gasteiger partial charge in [-0.3, -0.25) is 4.90 Å². The molecule has 0 radical (unpaired) electrons. The largest absolute Gasteiger partial charge is 0.401 e. The van der Waals surface area contributed by atoms with Crippen molar-refractivity contribution in [3.05, 3.63) is 23.4 Å². The Bertz CT molecular complexity index is 449. The summed E-state index contributed by atoms with van der Waals surface area (Å²) in [5.41, 5.74) is 1.67. The van der Waals surface area contributed by atoms with E-state index in [0.717, 1.165) is 23.5 Å². The van der Waals surface area contributed by atoms with Crippen molar-refractivity contribution in [1.82, 2.24) is 9.88 Å². The predicted octanol–water partition coefficient (Wildman–Crippen LogP) is 1.82. The molecular formula is C14H20F3N3O. The van der Waals surface area contributed by atoms with Crippen LogP contribution in [0.15, 0.2) is 12.1 Å². The molecule has 1 aliphatic heterocycles. The van der Waals surface area contributed by atoms with E-state index < -0.39 is 12.7 Å². The summed E-state index contributed by atoms with van der Waals surface area (Å²) < 4.78 is 37.1. The first-order valence-electron chi connectivity index (χ1n) is 7.06. The zero-order valence-electron chi connectivity index (χ0n) is 12.0. The predicted molar refractivity (Wildman–Crippen MR) is 74.2 cm³/mol. The standard InChI is InChI=1S/C14H20F3N3O/c1-2-12-7-11(9-21)8-13(18-12)20-5-3-19(4-6-20)10-14(15,16)17/h7-8,21H,2-6,9-10H2,1H3. The smallest absolute Gasteiger partial charge is 0.392 e. The van der Waals surface area contributed by atoms with Crippen molar-refractivity contribution in [2.45, 2.75) is 26.1 Å². The van der Waals surface area contributed by atoms with E-state index in [1.54, 1.807) is 6.07 Å². The number of rotatable bonds is 4. The first-order valence-corrected chi connectivity index (χ1v) is 7.06. The van der Waals surface area contributed by atoms with Crippen molar-refractivity contribution in [3.8, 4) is 0 Å². The highest BCUT2D eigenvalue weighted by Gasteiger charge is 2.32. The van der Waals surface area contributed by atoms with E-state index in [1.165, 1.54) is 4.90 Å². The van der Waals surface area contributed by atoms with Gasteiger partial charge in [0, 0.05) is 31.9 Å². The number of aryl methyl sites for hydroxylation is 1. The van der Waals surface area contributed by atoms with Crippen LogP contribution in [0.2, 0.25) is 0 Å². The van der Waals surface area contributed by atoms with Gasteiger partial charge in [-0.05, 0) is 24.1 Å². The molecule has 21 heavy (non-hydrogen) atoms. The molecule has 1 aliphatic rings. The molecular weight excluding hydrogens is 283 g/mol. The van der Waals surface area contributed by atoms with Gasteiger partial charge in [0.05, 0.1) is 13.2 Å². The maximum absolute atomic E-state index is 12.4. The molecule has 7 heteroatoms. The van der Waals surface area contributed by atoms with Gasteiger partial charge in [-0.2, -0.15) is 13.2 Å². The molecule has 0 amide bonds. The lowest BCUT2D eigenvalue weighted by atomic mass is 10.2. The van der Waals surface area contributed by atoms with Crippen LogP contribution in [0.1, 0.15) is 18.2 Å². The van der Waals surface area contributed by atoms with Gasteiger partial charge in [-0.15, -0.1) is 0 Å². The molecule has 118 valence electrons. The van der Waals surface area contributed by atoms with E-state index in [2.05, 4.69) is 4.98 Å². The normalized spacial score (nSPS) is 17.3. The number of aliphatic hydroxyl groups excluding tert-OH is 1. The van der Waals surface area contributed by atoms with Gasteiger partial charge in [-0.1, -0.05) is 6.92 Å². The van der Waals surface area contributed by atoms with Crippen LogP contribution in [0.5, 0.6) is 0 Å². The van der Waals surface area contributed by atoms with Crippen LogP contribution in [0.4, 0.5) is 19.0 Å². The second kappa shape index (κ2) is 6.62. The summed E-state index contributed by atoms with van der Waals surface area (Å²) in [6, 6.07) is 3.65. The molecule has 1 saturated heterocycles. The average Bonchev–Trinajstić information content (AvgIpc) is 2.45. The van der Waals surface area contributed by atoms with Gasteiger partial charge in [0.1, 0.15) is 5.82 Å². The number of halogens is 3. The number of aliphatic hydroxyl groups is 1. The molecule has 4 nitrogen and oxygen atoms in total. The van der Waals surface area contributed by atoms with E-state index in [0.29, 0.717) is 26.2 Å². The molecule has 1 fully saturated rings. The SMILES string of the molecule is CCc1cc(CO)cc(N2CCN(CC(F)(F)F)CC2)n1. The van der Waals surface area contributed by atoms with E-state index in [9.17, 15) is 18.3 Å². The lowest BCUT2D eigenvalue weighted by Gasteiger charge is -2.35. The van der Waals surface area contributed by atoms with Crippen molar-refractivity contribution in [3.63, 3.8) is 0 Å². The minimum atomic E-state index is -4.15. The Morgan fingerprint density at radius 1 is 1.19 bits per heavy atom. The lowest BCUT2D eigenvalue weighted by molar-refractivity contribution is -0.146. The molecule has 0 unspecified atom stereocenters. The first-order chi connectivity index (χ1) is 9.91. The number of hydrogen-bond donors (Lipinski definition) is 1. The molecule has 1 aromatic heterocycles. The molecule has 1 N–H and O–H groups in total. The summed E-state index contributed by atoms with van der Waals surface area (Å²) in [6.45, 7) is 2.83. The maximum atomic E-state index is 12.4. The number of pyridine rings is 1. The molecule has 0 bridgehead atoms. The van der Waals surface area contributed by atoms with E-state index in [1.807, 2.05) is 17.9 Å². The Kier molecular flexibility index (Phi) is 5.05. The first kappa shape index (κ1) is 16.0. The third kappa shape index (κ3) is 4.57. The molecule has 0 aliphatic carbocycles. The fourth-order valence-electron chi connectivity index (χ4n) is 2.46. The van der Waals surface area contributed by atoms with Crippen molar-refractivity contribution in [2.24, 2.45) is 0 Å². The molecule has 0 aromatic carbocycles. The van der Waals surface area contributed by atoms with Crippen LogP contribution < -0.4 is 4.90 Å². The van der Waals surface area contributed by atoms with Gasteiger partial charge in [-0.25, -0.2) is 4.98 Å². The number of anilines is 1. The van der Waals surface area contributed by atoms with Gasteiger partial charge in [0.15, 0.2) is 0 Å². The third-order valence-electron chi connectivity index (χ3n) is 3.57. The van der Waals surface area contributed by atoms with Crippen molar-refractivity contribution in [2.75, 3.05) is 37.6 Å². The third-order valence-corrected chi connectivity index (χ3v) is 3.57. The number of aromatic nitrogens is 1. The monoisotopic (exact) mass is 303 g/mol. The summed E-state index contributed by atoms with van der Waals surface area (Å²) in [6.07, 6.45) is -3.39. The minimum Gasteiger partial charge on any atom is -0.392 e. The second-order valence-corrected chi connectivity index (χ2v) is 5.21. The molecule has 0 atom stereocenters. The summed E-state index contributed by atoms with van der Waals surface area (Å²) >= 11 is 0. The van der Waals surface area contributed by atoms with E-state index in [4.69, 9.17) is 0 Å². The summed E-state index contributed by atoms with van der Waals surface area (Å²) in [5.74, 6) is 0.741. The van der Waals surface area contributed by atoms with Crippen LogP contribution in [0.3, 0.4) is 0 Å². The number of alkyl halides is 3. The molecule has 2 heterocycles. The summed E-state index contributed by atoms with van der Waals surface area (Å²) in [5, 5.41) is 9.27. The highest BCUT2D eigenvalue weighted by Crippen LogP contribution is 2.21. The van der Waals surface area contributed by atoms with Gasteiger partial charge in [0.25, 0.3) is 0 Å². The quantitative estimate of drug-likeness (QED) is 0.921. The van der Waals surface area contributed by atoms with Crippen LogP contribution in [0.25, 0.3) is 0 Å². The number of nitrogens with zero attached hydrogens (tertiary/aromatic N) is 3. The van der Waals surface area contributed by atoms with Crippen molar-refractivity contribution in [1.29, 1.82) is 0 Å². The van der Waals surface area contributed by atoms with Crippen LogP contribution in [-0.2, 0) is 13.0 Å². The van der Waals surface area contributed by atoms with Crippen LogP contribution in [-0.4, -0.2) is 53.9 Å². The highest BCUT2D eigenvalue weighted by atomic mass is 19.4. The topological polar surface area (TPSA) is 39.6 Å². The maximum Gasteiger partial charge on any atom is 0.401 e. The minimum absolute atomic E-state index is 0.0590. The van der Waals surface area contributed by atoms with E-state index >= 15 is 0 Å². The zero-order chi connectivity index (χ0) is 15.5. The summed E-state index contributed by atoms with van der Waals surface area (Å²) in [7, 11) is 0. The highest BCUT2D eigenvalue weighted by molar-refractivity contribution is 5.43. The van der Waals surface area contributed by atoms with Gasteiger partial charge in [0.2, 0.25) is 0 Å². The van der Waals surface area contributed by atoms with Crippen LogP contribution in [0, 0.1) is 0 Å². The molecule has 0 saturated carbocycles. The van der Waals surface area contributed by atoms with Crippen molar-refractivity contribution >= 4 is 5.82 Å². The number of hydrogen-bond acceptors (Lipinski definition) is 4. The fourth-order valence-corrected chi connectivity index (χ4v) is 2.46. The molecule has 1 aromatic rings. The molecule has 0 spiro atoms.